The molecule has 2 rings (SSSR count). The van der Waals surface area contributed by atoms with Crippen LogP contribution in [0.25, 0.3) is 0 Å². The second kappa shape index (κ2) is 5.11. The lowest BCUT2D eigenvalue weighted by molar-refractivity contribution is -0.142. The van der Waals surface area contributed by atoms with Crippen molar-refractivity contribution >= 4 is 11.7 Å². The first-order valence-corrected chi connectivity index (χ1v) is 5.94. The summed E-state index contributed by atoms with van der Waals surface area (Å²) < 4.78 is 43.2. The first-order chi connectivity index (χ1) is 8.93. The standard InChI is InChI=1S/C13H14F3NO2/c1-19-12(18)11(8-6-7-8)17-10-5-3-2-4-9(10)13(14,15)16/h2-5,8,11,17H,6-7H2,1H3. The van der Waals surface area contributed by atoms with Crippen molar-refractivity contribution in [1.29, 1.82) is 0 Å². The molecule has 0 spiro atoms. The quantitative estimate of drug-likeness (QED) is 0.857. The Morgan fingerprint density at radius 2 is 2.00 bits per heavy atom. The maximum atomic E-state index is 12.8. The van der Waals surface area contributed by atoms with Gasteiger partial charge < -0.3 is 10.1 Å². The lowest BCUT2D eigenvalue weighted by Gasteiger charge is -2.20. The number of hydrogen-bond donors (Lipinski definition) is 1. The molecule has 0 radical (unpaired) electrons. The zero-order valence-electron chi connectivity index (χ0n) is 10.3. The van der Waals surface area contributed by atoms with E-state index in [9.17, 15) is 18.0 Å². The summed E-state index contributed by atoms with van der Waals surface area (Å²) in [5, 5.41) is 2.67. The predicted molar refractivity (Wildman–Crippen MR) is 63.6 cm³/mol. The zero-order valence-corrected chi connectivity index (χ0v) is 10.3. The second-order valence-electron chi connectivity index (χ2n) is 4.53. The molecule has 0 heterocycles. The number of carbonyl (C=O) groups is 1. The highest BCUT2D eigenvalue weighted by atomic mass is 19.4. The molecule has 1 aliphatic rings. The predicted octanol–water partition coefficient (Wildman–Crippen LogP) is 3.07. The van der Waals surface area contributed by atoms with Crippen LogP contribution in [-0.4, -0.2) is 19.1 Å². The lowest BCUT2D eigenvalue weighted by atomic mass is 10.1. The van der Waals surface area contributed by atoms with Gasteiger partial charge in [-0.3, -0.25) is 0 Å². The van der Waals surface area contributed by atoms with Crippen molar-refractivity contribution < 1.29 is 22.7 Å². The fraction of sp³-hybridized carbons (Fsp3) is 0.462. The maximum Gasteiger partial charge on any atom is 0.418 e. The molecule has 1 aromatic carbocycles. The van der Waals surface area contributed by atoms with Gasteiger partial charge in [-0.15, -0.1) is 0 Å². The molecule has 1 aromatic rings. The van der Waals surface area contributed by atoms with Gasteiger partial charge in [0.15, 0.2) is 0 Å². The number of halogens is 3. The van der Waals surface area contributed by atoms with Crippen molar-refractivity contribution in [2.45, 2.75) is 25.1 Å². The molecule has 1 atom stereocenters. The molecular formula is C13H14F3NO2. The summed E-state index contributed by atoms with van der Waals surface area (Å²) >= 11 is 0. The van der Waals surface area contributed by atoms with E-state index in [1.165, 1.54) is 25.3 Å². The van der Waals surface area contributed by atoms with E-state index in [4.69, 9.17) is 0 Å². The molecule has 1 saturated carbocycles. The highest BCUT2D eigenvalue weighted by Gasteiger charge is 2.39. The number of methoxy groups -OCH3 is 1. The minimum atomic E-state index is -4.45. The molecular weight excluding hydrogens is 259 g/mol. The van der Waals surface area contributed by atoms with Crippen LogP contribution in [0.4, 0.5) is 18.9 Å². The van der Waals surface area contributed by atoms with E-state index in [2.05, 4.69) is 10.1 Å². The number of alkyl halides is 3. The zero-order chi connectivity index (χ0) is 14.0. The molecule has 0 bridgehead atoms. The molecule has 104 valence electrons. The van der Waals surface area contributed by atoms with Crippen LogP contribution in [0.3, 0.4) is 0 Å². The monoisotopic (exact) mass is 273 g/mol. The fourth-order valence-electron chi connectivity index (χ4n) is 1.95. The van der Waals surface area contributed by atoms with E-state index in [0.29, 0.717) is 0 Å². The van der Waals surface area contributed by atoms with E-state index >= 15 is 0 Å². The summed E-state index contributed by atoms with van der Waals surface area (Å²) in [7, 11) is 1.23. The van der Waals surface area contributed by atoms with Crippen LogP contribution in [-0.2, 0) is 15.7 Å². The molecule has 1 aliphatic carbocycles. The van der Waals surface area contributed by atoms with Crippen LogP contribution in [0.15, 0.2) is 24.3 Å². The number of rotatable bonds is 4. The number of esters is 1. The minimum Gasteiger partial charge on any atom is -0.467 e. The summed E-state index contributed by atoms with van der Waals surface area (Å²) in [5.41, 5.74) is -0.859. The van der Waals surface area contributed by atoms with Crippen molar-refractivity contribution in [1.82, 2.24) is 0 Å². The van der Waals surface area contributed by atoms with Crippen molar-refractivity contribution in [3.8, 4) is 0 Å². The van der Waals surface area contributed by atoms with Gasteiger partial charge in [-0.25, -0.2) is 4.79 Å². The van der Waals surface area contributed by atoms with Crippen LogP contribution in [0.1, 0.15) is 18.4 Å². The first kappa shape index (κ1) is 13.7. The average molecular weight is 273 g/mol. The third-order valence-corrected chi connectivity index (χ3v) is 3.09. The molecule has 1 unspecified atom stereocenters. The van der Waals surface area contributed by atoms with Crippen LogP contribution in [0, 0.1) is 5.92 Å². The van der Waals surface area contributed by atoms with Gasteiger partial charge in [0.05, 0.1) is 12.7 Å². The third kappa shape index (κ3) is 3.19. The van der Waals surface area contributed by atoms with Crippen LogP contribution >= 0.6 is 0 Å². The van der Waals surface area contributed by atoms with E-state index in [1.54, 1.807) is 0 Å². The number of ether oxygens (including phenoxy) is 1. The van der Waals surface area contributed by atoms with Gasteiger partial charge >= 0.3 is 12.1 Å². The Balaban J connectivity index is 2.24. The van der Waals surface area contributed by atoms with Gasteiger partial charge in [0.2, 0.25) is 0 Å². The molecule has 1 N–H and O–H groups in total. The Hall–Kier alpha value is -1.72. The Bertz CT molecular complexity index is 469. The highest BCUT2D eigenvalue weighted by Crippen LogP contribution is 2.38. The number of para-hydroxylation sites is 1. The summed E-state index contributed by atoms with van der Waals surface area (Å²) in [4.78, 5) is 11.6. The molecule has 3 nitrogen and oxygen atoms in total. The molecule has 6 heteroatoms. The summed E-state index contributed by atoms with van der Waals surface area (Å²) in [6, 6.07) is 4.41. The number of carbonyl (C=O) groups excluding carboxylic acids is 1. The number of benzene rings is 1. The normalized spacial score (nSPS) is 16.8. The molecule has 0 aromatic heterocycles. The van der Waals surface area contributed by atoms with Gasteiger partial charge in [-0.1, -0.05) is 12.1 Å². The lowest BCUT2D eigenvalue weighted by Crippen LogP contribution is -2.33. The molecule has 19 heavy (non-hydrogen) atoms. The smallest absolute Gasteiger partial charge is 0.418 e. The number of hydrogen-bond acceptors (Lipinski definition) is 3. The van der Waals surface area contributed by atoms with E-state index < -0.39 is 23.8 Å². The maximum absolute atomic E-state index is 12.8. The summed E-state index contributed by atoms with van der Waals surface area (Å²) in [6.45, 7) is 0. The molecule has 0 aliphatic heterocycles. The number of nitrogens with one attached hydrogen (secondary N) is 1. The highest BCUT2D eigenvalue weighted by molar-refractivity contribution is 5.80. The van der Waals surface area contributed by atoms with E-state index in [0.717, 1.165) is 18.9 Å². The first-order valence-electron chi connectivity index (χ1n) is 5.94. The average Bonchev–Trinajstić information content (AvgIpc) is 3.18. The third-order valence-electron chi connectivity index (χ3n) is 3.09. The van der Waals surface area contributed by atoms with E-state index in [1.807, 2.05) is 0 Å². The fourth-order valence-corrected chi connectivity index (χ4v) is 1.95. The van der Waals surface area contributed by atoms with Crippen LogP contribution in [0.2, 0.25) is 0 Å². The van der Waals surface area contributed by atoms with Crippen LogP contribution in [0.5, 0.6) is 0 Å². The van der Waals surface area contributed by atoms with Gasteiger partial charge in [0.1, 0.15) is 6.04 Å². The Morgan fingerprint density at radius 1 is 1.37 bits per heavy atom. The summed E-state index contributed by atoms with van der Waals surface area (Å²) in [6.07, 6.45) is -2.81. The van der Waals surface area contributed by atoms with Crippen LogP contribution < -0.4 is 5.32 Å². The number of anilines is 1. The topological polar surface area (TPSA) is 38.3 Å². The van der Waals surface area contributed by atoms with Crippen molar-refractivity contribution in [2.75, 3.05) is 12.4 Å². The van der Waals surface area contributed by atoms with Crippen molar-refractivity contribution in [3.05, 3.63) is 29.8 Å². The Kier molecular flexibility index (Phi) is 3.68. The Labute approximate surface area is 108 Å². The minimum absolute atomic E-state index is 0.0498. The SMILES string of the molecule is COC(=O)C(Nc1ccccc1C(F)(F)F)C1CC1. The van der Waals surface area contributed by atoms with Gasteiger partial charge in [-0.05, 0) is 30.9 Å². The Morgan fingerprint density at radius 3 is 2.53 bits per heavy atom. The molecule has 0 saturated heterocycles. The molecule has 1 fully saturated rings. The molecule has 0 amide bonds. The van der Waals surface area contributed by atoms with E-state index in [-0.39, 0.29) is 11.6 Å². The van der Waals surface area contributed by atoms with Crippen molar-refractivity contribution in [2.24, 2.45) is 5.92 Å². The van der Waals surface area contributed by atoms with Crippen molar-refractivity contribution in [3.63, 3.8) is 0 Å². The van der Waals surface area contributed by atoms with Gasteiger partial charge in [0.25, 0.3) is 0 Å². The summed E-state index contributed by atoms with van der Waals surface area (Å²) in [5.74, 6) is -0.479. The second-order valence-corrected chi connectivity index (χ2v) is 4.53. The largest absolute Gasteiger partial charge is 0.467 e. The van der Waals surface area contributed by atoms with Gasteiger partial charge in [-0.2, -0.15) is 13.2 Å². The van der Waals surface area contributed by atoms with Gasteiger partial charge in [0, 0.05) is 5.69 Å².